The van der Waals surface area contributed by atoms with Crippen molar-refractivity contribution in [2.75, 3.05) is 5.73 Å². The van der Waals surface area contributed by atoms with E-state index in [0.29, 0.717) is 15.8 Å². The van der Waals surface area contributed by atoms with Crippen LogP contribution in [-0.4, -0.2) is 16.2 Å². The van der Waals surface area contributed by atoms with Gasteiger partial charge in [0.05, 0.1) is 16.6 Å². The molecule has 0 saturated heterocycles. The van der Waals surface area contributed by atoms with E-state index < -0.39 is 5.97 Å². The first-order valence-electron chi connectivity index (χ1n) is 3.82. The monoisotopic (exact) mass is 209 g/mol. The Morgan fingerprint density at radius 1 is 1.43 bits per heavy atom. The molecule has 2 rings (SSSR count). The fourth-order valence-electron chi connectivity index (χ4n) is 1.29. The summed E-state index contributed by atoms with van der Waals surface area (Å²) in [6.07, 6.45) is 0. The zero-order valence-corrected chi connectivity index (χ0v) is 7.84. The van der Waals surface area contributed by atoms with E-state index in [2.05, 4.69) is 0 Å². The average molecular weight is 209 g/mol. The molecule has 0 atom stereocenters. The minimum absolute atomic E-state index is 0.0665. The molecule has 0 unspecified atom stereocenters. The molecule has 1 aromatic heterocycles. The first kappa shape index (κ1) is 8.83. The molecule has 0 bridgehead atoms. The zero-order chi connectivity index (χ0) is 10.3. The third-order valence-corrected chi connectivity index (χ3v) is 2.88. The summed E-state index contributed by atoms with van der Waals surface area (Å²) < 4.78 is 0.680. The number of benzene rings is 1. The van der Waals surface area contributed by atoms with Gasteiger partial charge in [-0.3, -0.25) is 0 Å². The van der Waals surface area contributed by atoms with E-state index in [9.17, 15) is 9.90 Å². The number of anilines is 1. The standard InChI is InChI=1S/C9H7NO3S/c10-5-3-14-7-2-4(9(12)13)1-6(11)8(5)7/h1-3,11H,10H2,(H,12,13). The molecule has 5 heteroatoms. The Kier molecular flexibility index (Phi) is 1.82. The lowest BCUT2D eigenvalue weighted by Gasteiger charge is -1.99. The fourth-order valence-corrected chi connectivity index (χ4v) is 2.20. The van der Waals surface area contributed by atoms with Gasteiger partial charge in [-0.05, 0) is 12.1 Å². The van der Waals surface area contributed by atoms with Crippen LogP contribution in [0.2, 0.25) is 0 Å². The van der Waals surface area contributed by atoms with Crippen LogP contribution in [0.25, 0.3) is 10.1 Å². The number of hydrogen-bond acceptors (Lipinski definition) is 4. The highest BCUT2D eigenvalue weighted by atomic mass is 32.1. The maximum Gasteiger partial charge on any atom is 0.335 e. The second kappa shape index (κ2) is 2.88. The Hall–Kier alpha value is -1.75. The molecule has 0 amide bonds. The molecule has 0 aliphatic heterocycles. The summed E-state index contributed by atoms with van der Waals surface area (Å²) >= 11 is 1.31. The first-order valence-corrected chi connectivity index (χ1v) is 4.70. The molecular formula is C9H7NO3S. The number of phenolic OH excluding ortho intramolecular Hbond substituents is 1. The molecule has 2 aromatic rings. The number of rotatable bonds is 1. The Bertz CT molecular complexity index is 518. The van der Waals surface area contributed by atoms with E-state index in [-0.39, 0.29) is 11.3 Å². The highest BCUT2D eigenvalue weighted by Crippen LogP contribution is 2.35. The van der Waals surface area contributed by atoms with Crippen LogP contribution in [0.1, 0.15) is 10.4 Å². The van der Waals surface area contributed by atoms with Crippen LogP contribution in [0.15, 0.2) is 17.5 Å². The average Bonchev–Trinajstić information content (AvgIpc) is 2.48. The highest BCUT2D eigenvalue weighted by molar-refractivity contribution is 7.17. The number of carbonyl (C=O) groups is 1. The number of fused-ring (bicyclic) bond motifs is 1. The van der Waals surface area contributed by atoms with Crippen LogP contribution in [0, 0.1) is 0 Å². The first-order chi connectivity index (χ1) is 6.59. The molecule has 4 N–H and O–H groups in total. The molecule has 0 saturated carbocycles. The zero-order valence-electron chi connectivity index (χ0n) is 7.02. The summed E-state index contributed by atoms with van der Waals surface area (Å²) in [5, 5.41) is 20.5. The quantitative estimate of drug-likeness (QED) is 0.669. The molecule has 4 nitrogen and oxygen atoms in total. The number of aromatic carboxylic acids is 1. The van der Waals surface area contributed by atoms with Gasteiger partial charge in [-0.2, -0.15) is 0 Å². The Morgan fingerprint density at radius 2 is 2.14 bits per heavy atom. The minimum Gasteiger partial charge on any atom is -0.507 e. The molecule has 1 heterocycles. The number of hydrogen-bond donors (Lipinski definition) is 3. The predicted octanol–water partition coefficient (Wildman–Crippen LogP) is 1.89. The normalized spacial score (nSPS) is 10.6. The molecule has 0 spiro atoms. The lowest BCUT2D eigenvalue weighted by Crippen LogP contribution is -1.95. The number of nitrogen functional groups attached to an aromatic ring is 1. The van der Waals surface area contributed by atoms with Crippen molar-refractivity contribution >= 4 is 33.1 Å². The number of carboxylic acid groups (broad SMARTS) is 1. The van der Waals surface area contributed by atoms with Crippen molar-refractivity contribution in [3.8, 4) is 5.75 Å². The van der Waals surface area contributed by atoms with Crippen LogP contribution < -0.4 is 5.73 Å². The maximum atomic E-state index is 10.7. The fraction of sp³-hybridized carbons (Fsp3) is 0. The number of thiophene rings is 1. The third-order valence-electron chi connectivity index (χ3n) is 1.93. The predicted molar refractivity (Wildman–Crippen MR) is 54.9 cm³/mol. The minimum atomic E-state index is -1.06. The van der Waals surface area contributed by atoms with Gasteiger partial charge in [0.25, 0.3) is 0 Å². The number of carboxylic acids is 1. The summed E-state index contributed by atoms with van der Waals surface area (Å²) in [7, 11) is 0. The van der Waals surface area contributed by atoms with Gasteiger partial charge in [0.15, 0.2) is 0 Å². The summed E-state index contributed by atoms with van der Waals surface area (Å²) in [5.74, 6) is -1.15. The molecule has 14 heavy (non-hydrogen) atoms. The van der Waals surface area contributed by atoms with E-state index in [1.807, 2.05) is 0 Å². The van der Waals surface area contributed by atoms with Crippen molar-refractivity contribution in [2.45, 2.75) is 0 Å². The highest BCUT2D eigenvalue weighted by Gasteiger charge is 2.11. The maximum absolute atomic E-state index is 10.7. The van der Waals surface area contributed by atoms with Gasteiger partial charge in [-0.25, -0.2) is 4.79 Å². The number of phenols is 1. The SMILES string of the molecule is Nc1csc2cc(C(=O)O)cc(O)c12. The Balaban J connectivity index is 2.80. The summed E-state index contributed by atoms with van der Waals surface area (Å²) in [6, 6.07) is 2.70. The van der Waals surface area contributed by atoms with E-state index in [1.54, 1.807) is 5.38 Å². The van der Waals surface area contributed by atoms with Gasteiger partial charge >= 0.3 is 5.97 Å². The molecule has 0 fully saturated rings. The van der Waals surface area contributed by atoms with Crippen molar-refractivity contribution in [1.82, 2.24) is 0 Å². The van der Waals surface area contributed by atoms with Crippen LogP contribution in [0.5, 0.6) is 5.75 Å². The molecular weight excluding hydrogens is 202 g/mol. The molecule has 0 aliphatic carbocycles. The molecule has 72 valence electrons. The van der Waals surface area contributed by atoms with Crippen LogP contribution in [-0.2, 0) is 0 Å². The van der Waals surface area contributed by atoms with Crippen molar-refractivity contribution in [2.24, 2.45) is 0 Å². The van der Waals surface area contributed by atoms with Gasteiger partial charge in [-0.1, -0.05) is 0 Å². The smallest absolute Gasteiger partial charge is 0.335 e. The third kappa shape index (κ3) is 1.18. The largest absolute Gasteiger partial charge is 0.507 e. The van der Waals surface area contributed by atoms with E-state index >= 15 is 0 Å². The topological polar surface area (TPSA) is 83.6 Å². The van der Waals surface area contributed by atoms with Crippen LogP contribution in [0.3, 0.4) is 0 Å². The second-order valence-electron chi connectivity index (χ2n) is 2.86. The van der Waals surface area contributed by atoms with E-state index in [1.165, 1.54) is 23.5 Å². The number of aromatic hydroxyl groups is 1. The second-order valence-corrected chi connectivity index (χ2v) is 3.78. The molecule has 0 radical (unpaired) electrons. The van der Waals surface area contributed by atoms with Crippen LogP contribution in [0.4, 0.5) is 5.69 Å². The van der Waals surface area contributed by atoms with Crippen molar-refractivity contribution in [3.63, 3.8) is 0 Å². The molecule has 1 aromatic carbocycles. The lowest BCUT2D eigenvalue weighted by atomic mass is 10.1. The van der Waals surface area contributed by atoms with Gasteiger partial charge in [0.2, 0.25) is 0 Å². The van der Waals surface area contributed by atoms with E-state index in [0.717, 1.165) is 0 Å². The van der Waals surface area contributed by atoms with Gasteiger partial charge < -0.3 is 15.9 Å². The van der Waals surface area contributed by atoms with Gasteiger partial charge in [0, 0.05) is 10.1 Å². The van der Waals surface area contributed by atoms with Crippen LogP contribution >= 0.6 is 11.3 Å². The van der Waals surface area contributed by atoms with Crippen molar-refractivity contribution in [3.05, 3.63) is 23.1 Å². The van der Waals surface area contributed by atoms with Gasteiger partial charge in [-0.15, -0.1) is 11.3 Å². The van der Waals surface area contributed by atoms with E-state index in [4.69, 9.17) is 10.8 Å². The van der Waals surface area contributed by atoms with Crippen molar-refractivity contribution < 1.29 is 15.0 Å². The molecule has 0 aliphatic rings. The summed E-state index contributed by atoms with van der Waals surface area (Å²) in [6.45, 7) is 0. The Labute approximate surface area is 83.2 Å². The lowest BCUT2D eigenvalue weighted by molar-refractivity contribution is 0.0696. The van der Waals surface area contributed by atoms with Gasteiger partial charge in [0.1, 0.15) is 5.75 Å². The van der Waals surface area contributed by atoms with Crippen molar-refractivity contribution in [1.29, 1.82) is 0 Å². The summed E-state index contributed by atoms with van der Waals surface area (Å²) in [4.78, 5) is 10.7. The Morgan fingerprint density at radius 3 is 2.79 bits per heavy atom. The number of nitrogens with two attached hydrogens (primary N) is 1. The summed E-state index contributed by atoms with van der Waals surface area (Å²) in [5.41, 5.74) is 6.14.